The number of hydrogen-bond donors (Lipinski definition) is 0. The number of Topliss-reactive ketones (excluding diaryl/α,β-unsaturated/α-hetero) is 3. The summed E-state index contributed by atoms with van der Waals surface area (Å²) in [5, 5.41) is 0. The fourth-order valence-electron chi connectivity index (χ4n) is 3.87. The van der Waals surface area contributed by atoms with Gasteiger partial charge in [0, 0.05) is 56.5 Å². The Labute approximate surface area is 197 Å². The second-order valence-corrected chi connectivity index (χ2v) is 8.64. The molecule has 3 saturated heterocycles. The Kier molecular flexibility index (Phi) is 5.84. The predicted molar refractivity (Wildman–Crippen MR) is 126 cm³/mol. The van der Waals surface area contributed by atoms with Gasteiger partial charge in [-0.25, -0.2) is 0 Å². The highest BCUT2D eigenvalue weighted by molar-refractivity contribution is 6.22. The van der Waals surface area contributed by atoms with Gasteiger partial charge in [0.2, 0.25) is 11.6 Å². The van der Waals surface area contributed by atoms with E-state index in [1.54, 1.807) is 48.5 Å². The van der Waals surface area contributed by atoms with E-state index in [1.807, 2.05) is 26.8 Å². The molecule has 0 unspecified atom stereocenters. The van der Waals surface area contributed by atoms with Crippen molar-refractivity contribution in [3.63, 3.8) is 0 Å². The molecule has 0 amide bonds. The monoisotopic (exact) mass is 455 g/mol. The SMILES string of the molecule is O=C(CC(=O)c1ccccc1)c1ccccc1.O=C1C=C(N2CC2)C(=O)C(N2CC2)=C1N1CC1. The van der Waals surface area contributed by atoms with Crippen LogP contribution in [0.25, 0.3) is 0 Å². The number of benzene rings is 2. The van der Waals surface area contributed by atoms with E-state index in [2.05, 4.69) is 0 Å². The van der Waals surface area contributed by atoms with Gasteiger partial charge in [0.25, 0.3) is 0 Å². The van der Waals surface area contributed by atoms with E-state index in [-0.39, 0.29) is 29.6 Å². The van der Waals surface area contributed by atoms with Crippen LogP contribution in [0.1, 0.15) is 27.1 Å². The Balaban J connectivity index is 0.000000142. The molecule has 6 rings (SSSR count). The molecular formula is C27H25N3O4. The van der Waals surface area contributed by atoms with Crippen LogP contribution in [0.2, 0.25) is 0 Å². The van der Waals surface area contributed by atoms with Gasteiger partial charge in [-0.1, -0.05) is 60.7 Å². The zero-order valence-electron chi connectivity index (χ0n) is 18.8. The molecule has 0 spiro atoms. The number of allylic oxidation sites excluding steroid dienone is 1. The minimum Gasteiger partial charge on any atom is -0.365 e. The molecule has 1 aliphatic carbocycles. The van der Waals surface area contributed by atoms with E-state index >= 15 is 0 Å². The van der Waals surface area contributed by atoms with Crippen LogP contribution in [0.5, 0.6) is 0 Å². The number of ketones is 4. The van der Waals surface area contributed by atoms with Crippen molar-refractivity contribution in [1.82, 2.24) is 14.7 Å². The Morgan fingerprint density at radius 2 is 1.06 bits per heavy atom. The summed E-state index contributed by atoms with van der Waals surface area (Å²) >= 11 is 0. The zero-order chi connectivity index (χ0) is 23.7. The average Bonchev–Trinajstić information content (AvgIpc) is 3.72. The maximum Gasteiger partial charge on any atom is 0.227 e. The Bertz CT molecular complexity index is 1160. The lowest BCUT2D eigenvalue weighted by Gasteiger charge is -2.21. The van der Waals surface area contributed by atoms with Crippen molar-refractivity contribution in [3.8, 4) is 0 Å². The van der Waals surface area contributed by atoms with Crippen molar-refractivity contribution in [2.75, 3.05) is 39.3 Å². The summed E-state index contributed by atoms with van der Waals surface area (Å²) < 4.78 is 0. The summed E-state index contributed by atoms with van der Waals surface area (Å²) in [6.07, 6.45) is 1.45. The fraction of sp³-hybridized carbons (Fsp3) is 0.259. The molecule has 3 fully saturated rings. The molecule has 7 heteroatoms. The molecule has 3 heterocycles. The summed E-state index contributed by atoms with van der Waals surface area (Å²) in [7, 11) is 0. The second-order valence-electron chi connectivity index (χ2n) is 8.64. The van der Waals surface area contributed by atoms with E-state index in [0.29, 0.717) is 28.2 Å². The molecule has 7 nitrogen and oxygen atoms in total. The van der Waals surface area contributed by atoms with Gasteiger partial charge in [-0.05, 0) is 0 Å². The molecule has 0 N–H and O–H groups in total. The van der Waals surface area contributed by atoms with Gasteiger partial charge in [0.1, 0.15) is 11.4 Å². The maximum atomic E-state index is 12.4. The van der Waals surface area contributed by atoms with E-state index in [9.17, 15) is 19.2 Å². The third kappa shape index (κ3) is 4.83. The quantitative estimate of drug-likeness (QED) is 0.274. The van der Waals surface area contributed by atoms with Crippen molar-refractivity contribution in [2.45, 2.75) is 6.42 Å². The first-order valence-electron chi connectivity index (χ1n) is 11.5. The van der Waals surface area contributed by atoms with Crippen LogP contribution in [0.3, 0.4) is 0 Å². The lowest BCUT2D eigenvalue weighted by molar-refractivity contribution is -0.117. The van der Waals surface area contributed by atoms with Crippen molar-refractivity contribution >= 4 is 23.1 Å². The van der Waals surface area contributed by atoms with Crippen molar-refractivity contribution < 1.29 is 19.2 Å². The predicted octanol–water partition coefficient (Wildman–Crippen LogP) is 2.32. The zero-order valence-corrected chi connectivity index (χ0v) is 18.8. The first kappa shape index (κ1) is 21.8. The summed E-state index contributed by atoms with van der Waals surface area (Å²) in [6, 6.07) is 17.7. The lowest BCUT2D eigenvalue weighted by Crippen LogP contribution is -2.29. The minimum absolute atomic E-state index is 0.00546. The maximum absolute atomic E-state index is 12.4. The Morgan fingerprint density at radius 3 is 1.50 bits per heavy atom. The molecule has 2 aromatic carbocycles. The van der Waals surface area contributed by atoms with E-state index < -0.39 is 0 Å². The first-order valence-corrected chi connectivity index (χ1v) is 11.5. The van der Waals surface area contributed by atoms with Gasteiger partial charge in [-0.2, -0.15) is 0 Å². The Morgan fingerprint density at radius 1 is 0.618 bits per heavy atom. The topological polar surface area (TPSA) is 77.3 Å². The molecule has 0 bridgehead atoms. The molecule has 0 saturated carbocycles. The molecule has 0 radical (unpaired) electrons. The van der Waals surface area contributed by atoms with Gasteiger partial charge >= 0.3 is 0 Å². The summed E-state index contributed by atoms with van der Waals surface area (Å²) in [6.45, 7) is 5.41. The minimum atomic E-state index is -0.139. The molecule has 2 aromatic rings. The third-order valence-electron chi connectivity index (χ3n) is 6.00. The van der Waals surface area contributed by atoms with Gasteiger partial charge in [0.15, 0.2) is 11.6 Å². The fourth-order valence-corrected chi connectivity index (χ4v) is 3.87. The average molecular weight is 456 g/mol. The van der Waals surface area contributed by atoms with Crippen molar-refractivity contribution in [1.29, 1.82) is 0 Å². The first-order chi connectivity index (χ1) is 16.5. The molecule has 172 valence electrons. The lowest BCUT2D eigenvalue weighted by atomic mass is 10.0. The number of carbonyl (C=O) groups excluding carboxylic acids is 4. The van der Waals surface area contributed by atoms with Crippen molar-refractivity contribution in [3.05, 3.63) is 95.0 Å². The van der Waals surface area contributed by atoms with E-state index in [0.717, 1.165) is 39.3 Å². The van der Waals surface area contributed by atoms with Crippen molar-refractivity contribution in [2.24, 2.45) is 0 Å². The van der Waals surface area contributed by atoms with Crippen LogP contribution in [-0.4, -0.2) is 77.1 Å². The summed E-state index contributed by atoms with van der Waals surface area (Å²) in [5.41, 5.74) is 3.05. The van der Waals surface area contributed by atoms with Gasteiger partial charge in [-0.15, -0.1) is 0 Å². The number of hydrogen-bond acceptors (Lipinski definition) is 7. The number of rotatable bonds is 7. The number of carbonyl (C=O) groups is 4. The highest BCUT2D eigenvalue weighted by Crippen LogP contribution is 2.33. The summed E-state index contributed by atoms with van der Waals surface area (Å²) in [4.78, 5) is 54.1. The molecule has 4 aliphatic rings. The third-order valence-corrected chi connectivity index (χ3v) is 6.00. The van der Waals surface area contributed by atoms with Gasteiger partial charge in [-0.3, -0.25) is 19.2 Å². The van der Waals surface area contributed by atoms with Gasteiger partial charge in [0.05, 0.1) is 12.1 Å². The highest BCUT2D eigenvalue weighted by Gasteiger charge is 2.43. The number of nitrogens with zero attached hydrogens (tertiary/aromatic N) is 3. The largest absolute Gasteiger partial charge is 0.365 e. The van der Waals surface area contributed by atoms with Crippen LogP contribution in [0.4, 0.5) is 0 Å². The molecule has 0 atom stereocenters. The van der Waals surface area contributed by atoms with Crippen LogP contribution in [-0.2, 0) is 9.59 Å². The molecule has 0 aromatic heterocycles. The highest BCUT2D eigenvalue weighted by atomic mass is 16.2. The summed E-state index contributed by atoms with van der Waals surface area (Å²) in [5.74, 6) is -0.230. The normalized spacial score (nSPS) is 18.2. The standard InChI is InChI=1S/C15H12O2.C12H13N3O2/c16-14(12-7-3-1-4-8-12)11-15(17)13-9-5-2-6-10-13;16-9-7-8(13-1-2-13)12(17)11(15-5-6-15)10(9)14-3-4-14/h1-10H,11H2;7H,1-6H2. The molecular weight excluding hydrogens is 430 g/mol. The van der Waals surface area contributed by atoms with Crippen LogP contribution >= 0.6 is 0 Å². The van der Waals surface area contributed by atoms with Crippen LogP contribution < -0.4 is 0 Å². The molecule has 3 aliphatic heterocycles. The van der Waals surface area contributed by atoms with Gasteiger partial charge < -0.3 is 14.7 Å². The van der Waals surface area contributed by atoms with Crippen LogP contribution in [0.15, 0.2) is 83.8 Å². The second kappa shape index (κ2) is 9.09. The Hall–Kier alpha value is -4.00. The van der Waals surface area contributed by atoms with E-state index in [1.165, 1.54) is 6.08 Å². The van der Waals surface area contributed by atoms with E-state index in [4.69, 9.17) is 0 Å². The smallest absolute Gasteiger partial charge is 0.227 e. The van der Waals surface area contributed by atoms with Crippen LogP contribution in [0, 0.1) is 0 Å². The molecule has 34 heavy (non-hydrogen) atoms.